The zero-order valence-corrected chi connectivity index (χ0v) is 15.5. The standard InChI is InChI=1S/C22H21N3O3/c1-3-14-28-20-10-8-17(15-21(20)27-2)9-11-22(26)24-18-6-4-7-19(16-18)25-13-5-12-23-25/h3-13,15-16H,1,14H2,2H3,(H,24,26). The molecular formula is C22H21N3O3. The highest BCUT2D eigenvalue weighted by atomic mass is 16.5. The molecule has 1 aromatic heterocycles. The summed E-state index contributed by atoms with van der Waals surface area (Å²) in [6.07, 6.45) is 8.40. The summed E-state index contributed by atoms with van der Waals surface area (Å²) in [6.45, 7) is 4.02. The maximum atomic E-state index is 12.3. The van der Waals surface area contributed by atoms with Crippen LogP contribution in [-0.2, 0) is 4.79 Å². The molecule has 0 saturated carbocycles. The number of ether oxygens (including phenoxy) is 2. The van der Waals surface area contributed by atoms with Crippen molar-refractivity contribution < 1.29 is 14.3 Å². The molecule has 2 aromatic carbocycles. The molecule has 0 radical (unpaired) electrons. The molecule has 1 heterocycles. The predicted octanol–water partition coefficient (Wildman–Crippen LogP) is 4.10. The highest BCUT2D eigenvalue weighted by molar-refractivity contribution is 6.02. The van der Waals surface area contributed by atoms with Crippen LogP contribution in [0.5, 0.6) is 11.5 Å². The van der Waals surface area contributed by atoms with E-state index < -0.39 is 0 Å². The number of nitrogens with zero attached hydrogens (tertiary/aromatic N) is 2. The maximum Gasteiger partial charge on any atom is 0.248 e. The fourth-order valence-electron chi connectivity index (χ4n) is 2.56. The van der Waals surface area contributed by atoms with E-state index in [2.05, 4.69) is 17.0 Å². The van der Waals surface area contributed by atoms with Gasteiger partial charge in [-0.25, -0.2) is 4.68 Å². The van der Waals surface area contributed by atoms with Gasteiger partial charge in [0.25, 0.3) is 0 Å². The summed E-state index contributed by atoms with van der Waals surface area (Å²) < 4.78 is 12.6. The lowest BCUT2D eigenvalue weighted by Crippen LogP contribution is -2.08. The van der Waals surface area contributed by atoms with Gasteiger partial charge in [-0.05, 0) is 48.0 Å². The van der Waals surface area contributed by atoms with Gasteiger partial charge in [-0.1, -0.05) is 24.8 Å². The number of hydrogen-bond donors (Lipinski definition) is 1. The van der Waals surface area contributed by atoms with Crippen molar-refractivity contribution in [2.75, 3.05) is 19.0 Å². The van der Waals surface area contributed by atoms with Crippen molar-refractivity contribution in [3.63, 3.8) is 0 Å². The van der Waals surface area contributed by atoms with Crippen molar-refractivity contribution in [3.8, 4) is 17.2 Å². The van der Waals surface area contributed by atoms with Crippen LogP contribution in [0.25, 0.3) is 11.8 Å². The summed E-state index contributed by atoms with van der Waals surface area (Å²) in [5.74, 6) is 0.985. The number of rotatable bonds is 8. The van der Waals surface area contributed by atoms with Crippen LogP contribution in [0.1, 0.15) is 5.56 Å². The quantitative estimate of drug-likeness (QED) is 0.476. The summed E-state index contributed by atoms with van der Waals surface area (Å²) in [5.41, 5.74) is 2.38. The number of methoxy groups -OCH3 is 1. The van der Waals surface area contributed by atoms with Crippen LogP contribution in [0, 0.1) is 0 Å². The summed E-state index contributed by atoms with van der Waals surface area (Å²) in [5, 5.41) is 7.04. The minimum absolute atomic E-state index is 0.233. The molecule has 6 nitrogen and oxygen atoms in total. The van der Waals surface area contributed by atoms with Crippen LogP contribution in [0.2, 0.25) is 0 Å². The first-order chi connectivity index (χ1) is 13.7. The molecule has 0 aliphatic rings. The molecule has 0 aliphatic carbocycles. The molecule has 1 amide bonds. The zero-order chi connectivity index (χ0) is 19.8. The van der Waals surface area contributed by atoms with Crippen molar-refractivity contribution in [1.82, 2.24) is 9.78 Å². The molecule has 28 heavy (non-hydrogen) atoms. The maximum absolute atomic E-state index is 12.3. The molecule has 0 saturated heterocycles. The van der Waals surface area contributed by atoms with Crippen molar-refractivity contribution in [3.05, 3.63) is 85.2 Å². The van der Waals surface area contributed by atoms with Crippen LogP contribution >= 0.6 is 0 Å². The Morgan fingerprint density at radius 2 is 2.11 bits per heavy atom. The third kappa shape index (κ3) is 4.88. The monoisotopic (exact) mass is 375 g/mol. The molecule has 1 N–H and O–H groups in total. The normalized spacial score (nSPS) is 10.6. The number of nitrogens with one attached hydrogen (secondary N) is 1. The second-order valence-electron chi connectivity index (χ2n) is 5.83. The van der Waals surface area contributed by atoms with Gasteiger partial charge in [-0.3, -0.25) is 4.79 Å². The molecule has 0 spiro atoms. The Kier molecular flexibility index (Phi) is 6.25. The second-order valence-corrected chi connectivity index (χ2v) is 5.83. The Balaban J connectivity index is 1.67. The summed E-state index contributed by atoms with van der Waals surface area (Å²) in [6, 6.07) is 14.8. The third-order valence-corrected chi connectivity index (χ3v) is 3.85. The molecule has 0 unspecified atom stereocenters. The highest BCUT2D eigenvalue weighted by Gasteiger charge is 2.05. The van der Waals surface area contributed by atoms with Gasteiger partial charge < -0.3 is 14.8 Å². The smallest absolute Gasteiger partial charge is 0.248 e. The fourth-order valence-corrected chi connectivity index (χ4v) is 2.56. The lowest BCUT2D eigenvalue weighted by Gasteiger charge is -2.09. The van der Waals surface area contributed by atoms with Gasteiger partial charge in [0.2, 0.25) is 5.91 Å². The molecule has 0 atom stereocenters. The van der Waals surface area contributed by atoms with Crippen LogP contribution < -0.4 is 14.8 Å². The molecule has 0 fully saturated rings. The minimum Gasteiger partial charge on any atom is -0.493 e. The molecule has 0 aliphatic heterocycles. The molecule has 142 valence electrons. The average Bonchev–Trinajstić information content (AvgIpc) is 3.26. The SMILES string of the molecule is C=CCOc1ccc(C=CC(=O)Nc2cccc(-n3cccn3)c2)cc1OC. The number of carbonyl (C=O) groups is 1. The molecular weight excluding hydrogens is 354 g/mol. The number of aromatic nitrogens is 2. The van der Waals surface area contributed by atoms with E-state index in [1.165, 1.54) is 6.08 Å². The number of hydrogen-bond acceptors (Lipinski definition) is 4. The molecule has 6 heteroatoms. The van der Waals surface area contributed by atoms with Gasteiger partial charge in [-0.15, -0.1) is 0 Å². The first-order valence-corrected chi connectivity index (χ1v) is 8.70. The van der Waals surface area contributed by atoms with Crippen LogP contribution in [0.4, 0.5) is 5.69 Å². The van der Waals surface area contributed by atoms with Crippen molar-refractivity contribution >= 4 is 17.7 Å². The van der Waals surface area contributed by atoms with E-state index in [9.17, 15) is 4.79 Å². The van der Waals surface area contributed by atoms with Crippen LogP contribution in [0.15, 0.2) is 79.7 Å². The molecule has 3 aromatic rings. The summed E-state index contributed by atoms with van der Waals surface area (Å²) >= 11 is 0. The van der Waals surface area contributed by atoms with E-state index in [0.717, 1.165) is 11.3 Å². The van der Waals surface area contributed by atoms with Crippen molar-refractivity contribution in [1.29, 1.82) is 0 Å². The van der Waals surface area contributed by atoms with Crippen LogP contribution in [0.3, 0.4) is 0 Å². The lowest BCUT2D eigenvalue weighted by molar-refractivity contribution is -0.111. The number of benzene rings is 2. The number of anilines is 1. The Morgan fingerprint density at radius 1 is 1.21 bits per heavy atom. The van der Waals surface area contributed by atoms with Crippen LogP contribution in [-0.4, -0.2) is 29.4 Å². The summed E-state index contributed by atoms with van der Waals surface area (Å²) in [7, 11) is 1.57. The largest absolute Gasteiger partial charge is 0.493 e. The van der Waals surface area contributed by atoms with E-state index in [4.69, 9.17) is 9.47 Å². The van der Waals surface area contributed by atoms with Crippen molar-refractivity contribution in [2.45, 2.75) is 0 Å². The lowest BCUT2D eigenvalue weighted by atomic mass is 10.2. The van der Waals surface area contributed by atoms with E-state index >= 15 is 0 Å². The van der Waals surface area contributed by atoms with Gasteiger partial charge in [0, 0.05) is 24.2 Å². The van der Waals surface area contributed by atoms with Gasteiger partial charge in [0.15, 0.2) is 11.5 Å². The first-order valence-electron chi connectivity index (χ1n) is 8.70. The summed E-state index contributed by atoms with van der Waals surface area (Å²) in [4.78, 5) is 12.3. The van der Waals surface area contributed by atoms with E-state index in [-0.39, 0.29) is 5.91 Å². The average molecular weight is 375 g/mol. The number of carbonyl (C=O) groups excluding carboxylic acids is 1. The molecule has 0 bridgehead atoms. The van der Waals surface area contributed by atoms with Crippen molar-refractivity contribution in [2.24, 2.45) is 0 Å². The van der Waals surface area contributed by atoms with Gasteiger partial charge in [-0.2, -0.15) is 5.10 Å². The topological polar surface area (TPSA) is 65.4 Å². The second kappa shape index (κ2) is 9.23. The van der Waals surface area contributed by atoms with E-state index in [1.807, 2.05) is 42.6 Å². The Morgan fingerprint density at radius 3 is 2.86 bits per heavy atom. The van der Waals surface area contributed by atoms with E-state index in [0.29, 0.717) is 23.8 Å². The number of amides is 1. The van der Waals surface area contributed by atoms with Gasteiger partial charge in [0.1, 0.15) is 6.61 Å². The predicted molar refractivity (Wildman–Crippen MR) is 110 cm³/mol. The first kappa shape index (κ1) is 19.0. The van der Waals surface area contributed by atoms with Gasteiger partial charge in [0.05, 0.1) is 12.8 Å². The fraction of sp³-hybridized carbons (Fsp3) is 0.0909. The Hall–Kier alpha value is -3.80. The minimum atomic E-state index is -0.233. The zero-order valence-electron chi connectivity index (χ0n) is 15.5. The van der Waals surface area contributed by atoms with E-state index in [1.54, 1.807) is 42.3 Å². The Bertz CT molecular complexity index is 978. The third-order valence-electron chi connectivity index (χ3n) is 3.85. The Labute approximate surface area is 163 Å². The molecule has 3 rings (SSSR count). The van der Waals surface area contributed by atoms with Gasteiger partial charge >= 0.3 is 0 Å². The highest BCUT2D eigenvalue weighted by Crippen LogP contribution is 2.28.